The first kappa shape index (κ1) is 20.2. The number of benzene rings is 1. The van der Waals surface area contributed by atoms with E-state index in [9.17, 15) is 0 Å². The highest BCUT2D eigenvalue weighted by atomic mass is 127. The van der Waals surface area contributed by atoms with Crippen LogP contribution in [0.2, 0.25) is 0 Å². The number of nitrogens with zero attached hydrogens (tertiary/aromatic N) is 2. The number of hydrogen-bond donors (Lipinski definition) is 1. The van der Waals surface area contributed by atoms with Crippen molar-refractivity contribution in [2.24, 2.45) is 10.9 Å². The van der Waals surface area contributed by atoms with Gasteiger partial charge in [0.2, 0.25) is 0 Å². The smallest absolute Gasteiger partial charge is 0.193 e. The molecule has 1 fully saturated rings. The molecule has 130 valence electrons. The largest absolute Gasteiger partial charge is 0.370 e. The Hall–Kier alpha value is -0.820. The number of aliphatic imine (C=N–C) groups is 1. The zero-order chi connectivity index (χ0) is 15.9. The molecule has 1 saturated heterocycles. The SMILES string of the molecule is CN=C(NCCC(C)C)N1CCOC(c2ccccc2C)C1.I. The van der Waals surface area contributed by atoms with Crippen molar-refractivity contribution in [3.8, 4) is 0 Å². The van der Waals surface area contributed by atoms with Crippen molar-refractivity contribution >= 4 is 29.9 Å². The summed E-state index contributed by atoms with van der Waals surface area (Å²) in [5, 5.41) is 3.48. The highest BCUT2D eigenvalue weighted by molar-refractivity contribution is 14.0. The van der Waals surface area contributed by atoms with E-state index >= 15 is 0 Å². The molecule has 1 aromatic rings. The van der Waals surface area contributed by atoms with Crippen molar-refractivity contribution in [2.75, 3.05) is 33.3 Å². The molecule has 1 atom stereocenters. The third-order valence-electron chi connectivity index (χ3n) is 4.12. The molecule has 1 heterocycles. The summed E-state index contributed by atoms with van der Waals surface area (Å²) >= 11 is 0. The molecule has 0 bridgehead atoms. The summed E-state index contributed by atoms with van der Waals surface area (Å²) in [5.41, 5.74) is 2.57. The van der Waals surface area contributed by atoms with Gasteiger partial charge in [0, 0.05) is 20.1 Å². The maximum atomic E-state index is 5.99. The Labute approximate surface area is 157 Å². The highest BCUT2D eigenvalue weighted by Gasteiger charge is 2.24. The van der Waals surface area contributed by atoms with Gasteiger partial charge in [0.05, 0.1) is 13.2 Å². The second-order valence-electron chi connectivity index (χ2n) is 6.32. The molecular weight excluding hydrogens is 401 g/mol. The van der Waals surface area contributed by atoms with Crippen LogP contribution >= 0.6 is 24.0 Å². The fraction of sp³-hybridized carbons (Fsp3) is 0.611. The fourth-order valence-corrected chi connectivity index (χ4v) is 2.78. The van der Waals surface area contributed by atoms with Crippen molar-refractivity contribution < 1.29 is 4.74 Å². The first-order chi connectivity index (χ1) is 10.6. The van der Waals surface area contributed by atoms with Crippen LogP contribution in [-0.4, -0.2) is 44.1 Å². The van der Waals surface area contributed by atoms with Gasteiger partial charge in [-0.2, -0.15) is 0 Å². The van der Waals surface area contributed by atoms with Gasteiger partial charge in [0.25, 0.3) is 0 Å². The number of morpholine rings is 1. The van der Waals surface area contributed by atoms with Gasteiger partial charge in [-0.05, 0) is 30.4 Å². The minimum Gasteiger partial charge on any atom is -0.370 e. The van der Waals surface area contributed by atoms with Gasteiger partial charge in [-0.15, -0.1) is 24.0 Å². The van der Waals surface area contributed by atoms with Crippen LogP contribution in [-0.2, 0) is 4.74 Å². The maximum absolute atomic E-state index is 5.99. The highest BCUT2D eigenvalue weighted by Crippen LogP contribution is 2.24. The average Bonchev–Trinajstić information content (AvgIpc) is 2.52. The minimum atomic E-state index is 0. The molecule has 5 heteroatoms. The van der Waals surface area contributed by atoms with Gasteiger partial charge in [0.15, 0.2) is 5.96 Å². The Kier molecular flexibility index (Phi) is 8.91. The number of ether oxygens (including phenoxy) is 1. The van der Waals surface area contributed by atoms with Gasteiger partial charge in [-0.25, -0.2) is 0 Å². The van der Waals surface area contributed by atoms with Crippen LogP contribution in [0, 0.1) is 12.8 Å². The Morgan fingerprint density at radius 2 is 2.13 bits per heavy atom. The van der Waals surface area contributed by atoms with Crippen molar-refractivity contribution in [1.82, 2.24) is 10.2 Å². The molecule has 1 aromatic carbocycles. The number of nitrogens with one attached hydrogen (secondary N) is 1. The second-order valence-corrected chi connectivity index (χ2v) is 6.32. The predicted molar refractivity (Wildman–Crippen MR) is 108 cm³/mol. The van der Waals surface area contributed by atoms with Crippen LogP contribution in [0.1, 0.15) is 37.5 Å². The van der Waals surface area contributed by atoms with Gasteiger partial charge in [-0.3, -0.25) is 4.99 Å². The molecule has 0 aromatic heterocycles. The van der Waals surface area contributed by atoms with Gasteiger partial charge >= 0.3 is 0 Å². The topological polar surface area (TPSA) is 36.9 Å². The summed E-state index contributed by atoms with van der Waals surface area (Å²) in [5.74, 6) is 1.69. The Morgan fingerprint density at radius 3 is 2.78 bits per heavy atom. The number of halogens is 1. The summed E-state index contributed by atoms with van der Waals surface area (Å²) in [6.07, 6.45) is 1.28. The monoisotopic (exact) mass is 431 g/mol. The number of hydrogen-bond acceptors (Lipinski definition) is 2. The van der Waals surface area contributed by atoms with Crippen molar-refractivity contribution in [2.45, 2.75) is 33.3 Å². The van der Waals surface area contributed by atoms with Crippen LogP contribution in [0.15, 0.2) is 29.3 Å². The number of aryl methyl sites for hydroxylation is 1. The van der Waals surface area contributed by atoms with Crippen LogP contribution in [0.25, 0.3) is 0 Å². The standard InChI is InChI=1S/C18H29N3O.HI/c1-14(2)9-10-20-18(19-4)21-11-12-22-17(13-21)16-8-6-5-7-15(16)3;/h5-8,14,17H,9-13H2,1-4H3,(H,19,20);1H. The van der Waals surface area contributed by atoms with E-state index in [4.69, 9.17) is 4.74 Å². The minimum absolute atomic E-state index is 0. The van der Waals surface area contributed by atoms with Crippen molar-refractivity contribution in [3.05, 3.63) is 35.4 Å². The molecule has 1 N–H and O–H groups in total. The van der Waals surface area contributed by atoms with Gasteiger partial charge in [0.1, 0.15) is 6.10 Å². The zero-order valence-corrected chi connectivity index (χ0v) is 17.0. The van der Waals surface area contributed by atoms with E-state index in [0.29, 0.717) is 5.92 Å². The summed E-state index contributed by atoms with van der Waals surface area (Å²) in [6.45, 7) is 10.1. The molecule has 0 saturated carbocycles. The lowest BCUT2D eigenvalue weighted by atomic mass is 10.0. The van der Waals surface area contributed by atoms with E-state index in [1.807, 2.05) is 7.05 Å². The fourth-order valence-electron chi connectivity index (χ4n) is 2.78. The Morgan fingerprint density at radius 1 is 1.39 bits per heavy atom. The molecule has 0 radical (unpaired) electrons. The lowest BCUT2D eigenvalue weighted by Crippen LogP contribution is -2.48. The number of rotatable bonds is 4. The number of guanidine groups is 1. The van der Waals surface area contributed by atoms with Crippen molar-refractivity contribution in [3.63, 3.8) is 0 Å². The maximum Gasteiger partial charge on any atom is 0.193 e. The first-order valence-corrected chi connectivity index (χ1v) is 8.24. The van der Waals surface area contributed by atoms with Crippen LogP contribution in [0.4, 0.5) is 0 Å². The third-order valence-corrected chi connectivity index (χ3v) is 4.12. The van der Waals surface area contributed by atoms with Gasteiger partial charge < -0.3 is 15.0 Å². The molecule has 0 amide bonds. The molecule has 0 aliphatic carbocycles. The normalized spacial score (nSPS) is 18.7. The van der Waals surface area contributed by atoms with E-state index in [-0.39, 0.29) is 30.1 Å². The van der Waals surface area contributed by atoms with E-state index in [2.05, 4.69) is 60.2 Å². The second kappa shape index (κ2) is 10.1. The lowest BCUT2D eigenvalue weighted by molar-refractivity contribution is -0.00831. The van der Waals surface area contributed by atoms with E-state index in [1.54, 1.807) is 0 Å². The lowest BCUT2D eigenvalue weighted by Gasteiger charge is -2.35. The summed E-state index contributed by atoms with van der Waals surface area (Å²) < 4.78 is 5.99. The molecule has 1 aliphatic rings. The molecule has 23 heavy (non-hydrogen) atoms. The molecular formula is C18H30IN3O. The molecule has 2 rings (SSSR count). The van der Waals surface area contributed by atoms with Crippen molar-refractivity contribution in [1.29, 1.82) is 0 Å². The molecule has 1 unspecified atom stereocenters. The molecule has 1 aliphatic heterocycles. The zero-order valence-electron chi connectivity index (χ0n) is 14.7. The van der Waals surface area contributed by atoms with E-state index in [1.165, 1.54) is 11.1 Å². The summed E-state index contributed by atoms with van der Waals surface area (Å²) in [6, 6.07) is 8.47. The van der Waals surface area contributed by atoms with E-state index < -0.39 is 0 Å². The molecule has 4 nitrogen and oxygen atoms in total. The van der Waals surface area contributed by atoms with Crippen LogP contribution in [0.3, 0.4) is 0 Å². The third kappa shape index (κ3) is 5.95. The predicted octanol–water partition coefficient (Wildman–Crippen LogP) is 3.61. The quantitative estimate of drug-likeness (QED) is 0.450. The average molecular weight is 431 g/mol. The Bertz CT molecular complexity index is 505. The molecule has 0 spiro atoms. The van der Waals surface area contributed by atoms with Gasteiger partial charge in [-0.1, -0.05) is 38.1 Å². The van der Waals surface area contributed by atoms with E-state index in [0.717, 1.165) is 38.6 Å². The van der Waals surface area contributed by atoms with Crippen LogP contribution in [0.5, 0.6) is 0 Å². The summed E-state index contributed by atoms with van der Waals surface area (Å²) in [7, 11) is 1.86. The Balaban J connectivity index is 0.00000264. The first-order valence-electron chi connectivity index (χ1n) is 8.24. The van der Waals surface area contributed by atoms with Crippen LogP contribution < -0.4 is 5.32 Å². The summed E-state index contributed by atoms with van der Waals surface area (Å²) in [4.78, 5) is 6.74.